The molecule has 1 aliphatic rings. The summed E-state index contributed by atoms with van der Waals surface area (Å²) in [5.41, 5.74) is -0.113. The van der Waals surface area contributed by atoms with Crippen LogP contribution >= 0.6 is 35.7 Å². The number of nitrogens with zero attached hydrogens (tertiary/aromatic N) is 1. The number of hydrogen-bond donors (Lipinski definition) is 0. The van der Waals surface area contributed by atoms with Gasteiger partial charge >= 0.3 is 0 Å². The van der Waals surface area contributed by atoms with E-state index >= 15 is 0 Å². The lowest BCUT2D eigenvalue weighted by atomic mass is 10.1. The summed E-state index contributed by atoms with van der Waals surface area (Å²) in [6.45, 7) is 4.09. The predicted molar refractivity (Wildman–Crippen MR) is 55.2 cm³/mol. The molecule has 1 rings (SSSR count). The standard InChI is InChI=1S/C6H9NS3/c1-6(2)4(8)10-5(7-6)9-3/h1-3H3. The fourth-order valence-corrected chi connectivity index (χ4v) is 2.66. The zero-order chi connectivity index (χ0) is 7.78. The summed E-state index contributed by atoms with van der Waals surface area (Å²) in [6.07, 6.45) is 2.02. The Balaban J connectivity index is 2.81. The molecule has 0 aromatic carbocycles. The first-order valence-corrected chi connectivity index (χ1v) is 5.37. The van der Waals surface area contributed by atoms with Gasteiger partial charge in [0.25, 0.3) is 0 Å². The van der Waals surface area contributed by atoms with E-state index in [1.807, 2.05) is 20.1 Å². The molecule has 1 nitrogen and oxygen atoms in total. The molecule has 10 heavy (non-hydrogen) atoms. The van der Waals surface area contributed by atoms with Crippen molar-refractivity contribution >= 4 is 44.3 Å². The van der Waals surface area contributed by atoms with Crippen molar-refractivity contribution in [3.05, 3.63) is 0 Å². The van der Waals surface area contributed by atoms with Gasteiger partial charge in [0.2, 0.25) is 0 Å². The maximum Gasteiger partial charge on any atom is 0.130 e. The zero-order valence-corrected chi connectivity index (χ0v) is 8.62. The van der Waals surface area contributed by atoms with Gasteiger partial charge in [0.15, 0.2) is 0 Å². The molecule has 1 heterocycles. The van der Waals surface area contributed by atoms with Crippen molar-refractivity contribution in [1.82, 2.24) is 0 Å². The van der Waals surface area contributed by atoms with Gasteiger partial charge in [0, 0.05) is 0 Å². The fraction of sp³-hybridized carbons (Fsp3) is 0.667. The molecule has 0 N–H and O–H groups in total. The largest absolute Gasteiger partial charge is 0.259 e. The molecule has 0 fully saturated rings. The maximum absolute atomic E-state index is 5.13. The van der Waals surface area contributed by atoms with E-state index in [2.05, 4.69) is 4.99 Å². The Bertz CT molecular complexity index is 195. The van der Waals surface area contributed by atoms with Crippen molar-refractivity contribution in [2.24, 2.45) is 4.99 Å². The van der Waals surface area contributed by atoms with Crippen LogP contribution in [0, 0.1) is 0 Å². The summed E-state index contributed by atoms with van der Waals surface area (Å²) in [7, 11) is 0. The summed E-state index contributed by atoms with van der Waals surface area (Å²) < 4.78 is 2.08. The van der Waals surface area contributed by atoms with Crippen molar-refractivity contribution in [2.75, 3.05) is 6.26 Å². The molecule has 0 aliphatic carbocycles. The van der Waals surface area contributed by atoms with Crippen molar-refractivity contribution in [3.8, 4) is 0 Å². The molecule has 56 valence electrons. The Labute approximate surface area is 75.1 Å². The van der Waals surface area contributed by atoms with Crippen LogP contribution in [-0.2, 0) is 0 Å². The van der Waals surface area contributed by atoms with Crippen LogP contribution < -0.4 is 0 Å². The first kappa shape index (κ1) is 8.56. The Morgan fingerprint density at radius 2 is 2.20 bits per heavy atom. The number of hydrogen-bond acceptors (Lipinski definition) is 4. The second-order valence-electron chi connectivity index (χ2n) is 2.53. The molecule has 0 saturated carbocycles. The quantitative estimate of drug-likeness (QED) is 0.546. The third kappa shape index (κ3) is 1.54. The van der Waals surface area contributed by atoms with Crippen molar-refractivity contribution < 1.29 is 0 Å². The van der Waals surface area contributed by atoms with Crippen LogP contribution in [0.1, 0.15) is 13.8 Å². The molecule has 0 amide bonds. The van der Waals surface area contributed by atoms with E-state index in [-0.39, 0.29) is 5.54 Å². The molecule has 0 saturated heterocycles. The lowest BCUT2D eigenvalue weighted by Crippen LogP contribution is -2.20. The first-order chi connectivity index (χ1) is 4.56. The highest BCUT2D eigenvalue weighted by molar-refractivity contribution is 8.48. The Morgan fingerprint density at radius 1 is 1.60 bits per heavy atom. The van der Waals surface area contributed by atoms with Gasteiger partial charge in [-0.15, -0.1) is 11.8 Å². The molecular weight excluding hydrogens is 182 g/mol. The van der Waals surface area contributed by atoms with Crippen LogP contribution in [-0.4, -0.2) is 20.4 Å². The van der Waals surface area contributed by atoms with Gasteiger partial charge in [-0.1, -0.05) is 24.0 Å². The monoisotopic (exact) mass is 191 g/mol. The van der Waals surface area contributed by atoms with Crippen LogP contribution in [0.2, 0.25) is 0 Å². The van der Waals surface area contributed by atoms with Crippen molar-refractivity contribution in [1.29, 1.82) is 0 Å². The molecule has 0 aromatic rings. The van der Waals surface area contributed by atoms with E-state index in [0.717, 1.165) is 8.57 Å². The maximum atomic E-state index is 5.13. The number of aliphatic imine (C=N–C) groups is 1. The highest BCUT2D eigenvalue weighted by Crippen LogP contribution is 2.34. The van der Waals surface area contributed by atoms with Crippen LogP contribution in [0.4, 0.5) is 0 Å². The summed E-state index contributed by atoms with van der Waals surface area (Å²) in [6, 6.07) is 0. The van der Waals surface area contributed by atoms with Gasteiger partial charge in [0.1, 0.15) is 4.38 Å². The van der Waals surface area contributed by atoms with Crippen LogP contribution in [0.5, 0.6) is 0 Å². The van der Waals surface area contributed by atoms with Gasteiger partial charge in [-0.3, -0.25) is 4.99 Å². The van der Waals surface area contributed by atoms with Gasteiger partial charge in [0.05, 0.1) is 9.74 Å². The summed E-state index contributed by atoms with van der Waals surface area (Å²) in [5.74, 6) is 0. The molecule has 0 unspecified atom stereocenters. The van der Waals surface area contributed by atoms with E-state index in [4.69, 9.17) is 12.2 Å². The van der Waals surface area contributed by atoms with Gasteiger partial charge in [-0.2, -0.15) is 0 Å². The van der Waals surface area contributed by atoms with Crippen molar-refractivity contribution in [3.63, 3.8) is 0 Å². The number of rotatable bonds is 0. The topological polar surface area (TPSA) is 12.4 Å². The zero-order valence-electron chi connectivity index (χ0n) is 6.17. The predicted octanol–water partition coefficient (Wildman–Crippen LogP) is 2.56. The molecular formula is C6H9NS3. The summed E-state index contributed by atoms with van der Waals surface area (Å²) in [5, 5.41) is 0. The Hall–Kier alpha value is 0.460. The van der Waals surface area contributed by atoms with Gasteiger partial charge < -0.3 is 0 Å². The Kier molecular flexibility index (Phi) is 2.42. The number of thiocarbonyl (C=S) groups is 1. The summed E-state index contributed by atoms with van der Waals surface area (Å²) >= 11 is 8.41. The van der Waals surface area contributed by atoms with Gasteiger partial charge in [-0.25, -0.2) is 0 Å². The lowest BCUT2D eigenvalue weighted by Gasteiger charge is -2.10. The molecule has 0 radical (unpaired) electrons. The molecule has 1 aliphatic heterocycles. The highest BCUT2D eigenvalue weighted by atomic mass is 32.2. The van der Waals surface area contributed by atoms with E-state index < -0.39 is 0 Å². The summed E-state index contributed by atoms with van der Waals surface area (Å²) in [4.78, 5) is 4.42. The lowest BCUT2D eigenvalue weighted by molar-refractivity contribution is 0.730. The minimum Gasteiger partial charge on any atom is -0.259 e. The van der Waals surface area contributed by atoms with Gasteiger partial charge in [-0.05, 0) is 20.1 Å². The SMILES string of the molecule is CSC1=NC(C)(C)C(=S)S1. The van der Waals surface area contributed by atoms with E-state index in [1.54, 1.807) is 23.5 Å². The second-order valence-corrected chi connectivity index (χ2v) is 5.25. The second kappa shape index (κ2) is 2.83. The minimum absolute atomic E-state index is 0.113. The normalized spacial score (nSPS) is 23.1. The smallest absolute Gasteiger partial charge is 0.130 e. The number of thioether (sulfide) groups is 2. The minimum atomic E-state index is -0.113. The van der Waals surface area contributed by atoms with Crippen LogP contribution in [0.15, 0.2) is 4.99 Å². The first-order valence-electron chi connectivity index (χ1n) is 2.92. The van der Waals surface area contributed by atoms with E-state index in [1.165, 1.54) is 0 Å². The average Bonchev–Trinajstić information content (AvgIpc) is 2.08. The molecule has 0 aromatic heterocycles. The third-order valence-corrected chi connectivity index (χ3v) is 4.12. The molecule has 0 spiro atoms. The van der Waals surface area contributed by atoms with E-state index in [0.29, 0.717) is 0 Å². The molecule has 0 atom stereocenters. The van der Waals surface area contributed by atoms with Crippen LogP contribution in [0.3, 0.4) is 0 Å². The third-order valence-electron chi connectivity index (χ3n) is 1.22. The Morgan fingerprint density at radius 3 is 2.40 bits per heavy atom. The fourth-order valence-electron chi connectivity index (χ4n) is 0.588. The highest BCUT2D eigenvalue weighted by Gasteiger charge is 2.30. The molecule has 0 bridgehead atoms. The van der Waals surface area contributed by atoms with Crippen LogP contribution in [0.25, 0.3) is 0 Å². The van der Waals surface area contributed by atoms with E-state index in [9.17, 15) is 0 Å². The average molecular weight is 191 g/mol. The van der Waals surface area contributed by atoms with Crippen molar-refractivity contribution in [2.45, 2.75) is 19.4 Å². The molecule has 4 heteroatoms.